The van der Waals surface area contributed by atoms with Gasteiger partial charge < -0.3 is 19.4 Å². The van der Waals surface area contributed by atoms with E-state index < -0.39 is 5.60 Å². The predicted molar refractivity (Wildman–Crippen MR) is 102 cm³/mol. The number of aromatic nitrogens is 3. The largest absolute Gasteiger partial charge is 0.378 e. The first-order valence-electron chi connectivity index (χ1n) is 8.86. The zero-order chi connectivity index (χ0) is 19.0. The molecule has 1 aliphatic rings. The van der Waals surface area contributed by atoms with Crippen molar-refractivity contribution in [2.45, 2.75) is 18.9 Å². The molecule has 140 valence electrons. The van der Waals surface area contributed by atoms with Crippen LogP contribution in [0.15, 0.2) is 36.7 Å². The number of hydrogen-bond acceptors (Lipinski definition) is 5. The molecule has 0 bridgehead atoms. The summed E-state index contributed by atoms with van der Waals surface area (Å²) >= 11 is 0. The van der Waals surface area contributed by atoms with Crippen molar-refractivity contribution in [3.8, 4) is 11.3 Å². The van der Waals surface area contributed by atoms with Gasteiger partial charge in [0.15, 0.2) is 0 Å². The topological polar surface area (TPSA) is 78.3 Å². The number of nitrogens with one attached hydrogen (secondary N) is 1. The highest BCUT2D eigenvalue weighted by Crippen LogP contribution is 2.35. The lowest BCUT2D eigenvalue weighted by atomic mass is 9.97. The maximum atomic E-state index is 11.4. The van der Waals surface area contributed by atoms with E-state index in [9.17, 15) is 4.79 Å². The third kappa shape index (κ3) is 3.09. The van der Waals surface area contributed by atoms with Crippen LogP contribution in [-0.2, 0) is 26.9 Å². The smallest absolute Gasteiger partial charge is 0.222 e. The summed E-state index contributed by atoms with van der Waals surface area (Å²) in [6.45, 7) is 2.64. The van der Waals surface area contributed by atoms with Crippen LogP contribution in [0.2, 0.25) is 0 Å². The maximum absolute atomic E-state index is 11.4. The molecule has 1 fully saturated rings. The predicted octanol–water partition coefficient (Wildman–Crippen LogP) is 2.86. The van der Waals surface area contributed by atoms with E-state index in [4.69, 9.17) is 14.5 Å². The Morgan fingerprint density at radius 3 is 2.96 bits per heavy atom. The third-order valence-corrected chi connectivity index (χ3v) is 5.05. The molecule has 0 unspecified atom stereocenters. The number of hydrogen-bond donors (Lipinski definition) is 1. The molecule has 0 aliphatic carbocycles. The lowest BCUT2D eigenvalue weighted by molar-refractivity contribution is -0.114. The van der Waals surface area contributed by atoms with Gasteiger partial charge in [-0.05, 0) is 18.2 Å². The van der Waals surface area contributed by atoms with Gasteiger partial charge in [0.1, 0.15) is 11.4 Å². The standard InChI is InChI=1S/C20H22N4O3/c1-13(25)22-19-9-14-15(11-24(2)17(14)10-21-19)16-5-4-6-18(23-16)20(26-3)7-8-27-12-20/h4-6,9-11H,7-8,12H2,1-3H3,(H,21,22,25)/t20-/m0/s1. The van der Waals surface area contributed by atoms with Crippen LogP contribution in [0, 0.1) is 0 Å². The summed E-state index contributed by atoms with van der Waals surface area (Å²) in [5, 5.41) is 3.72. The van der Waals surface area contributed by atoms with E-state index in [1.54, 1.807) is 13.3 Å². The molecule has 7 heteroatoms. The lowest BCUT2D eigenvalue weighted by Crippen LogP contribution is -2.30. The second-order valence-electron chi connectivity index (χ2n) is 6.83. The highest BCUT2D eigenvalue weighted by molar-refractivity contribution is 5.98. The molecule has 4 heterocycles. The van der Waals surface area contributed by atoms with Crippen LogP contribution in [0.4, 0.5) is 5.82 Å². The van der Waals surface area contributed by atoms with Crippen molar-refractivity contribution in [2.24, 2.45) is 7.05 Å². The fourth-order valence-electron chi connectivity index (χ4n) is 3.58. The summed E-state index contributed by atoms with van der Waals surface area (Å²) in [6.07, 6.45) is 4.57. The van der Waals surface area contributed by atoms with Gasteiger partial charge in [-0.25, -0.2) is 9.97 Å². The zero-order valence-corrected chi connectivity index (χ0v) is 15.7. The van der Waals surface area contributed by atoms with Gasteiger partial charge in [-0.3, -0.25) is 4.79 Å². The van der Waals surface area contributed by atoms with Crippen molar-refractivity contribution < 1.29 is 14.3 Å². The van der Waals surface area contributed by atoms with E-state index in [0.717, 1.165) is 34.3 Å². The molecular formula is C20H22N4O3. The molecule has 1 saturated heterocycles. The van der Waals surface area contributed by atoms with Gasteiger partial charge in [0.2, 0.25) is 5.91 Å². The van der Waals surface area contributed by atoms with Gasteiger partial charge in [0, 0.05) is 51.3 Å². The number of carbonyl (C=O) groups is 1. The minimum atomic E-state index is -0.497. The molecule has 0 spiro atoms. The average Bonchev–Trinajstić information content (AvgIpc) is 3.27. The molecule has 3 aromatic heterocycles. The quantitative estimate of drug-likeness (QED) is 0.768. The Kier molecular flexibility index (Phi) is 4.41. The van der Waals surface area contributed by atoms with Crippen LogP contribution >= 0.6 is 0 Å². The fraction of sp³-hybridized carbons (Fsp3) is 0.350. The fourth-order valence-corrected chi connectivity index (χ4v) is 3.58. The van der Waals surface area contributed by atoms with Gasteiger partial charge >= 0.3 is 0 Å². The van der Waals surface area contributed by atoms with Gasteiger partial charge in [0.05, 0.1) is 29.7 Å². The van der Waals surface area contributed by atoms with Crippen LogP contribution in [0.5, 0.6) is 0 Å². The Bertz CT molecular complexity index is 1010. The molecule has 0 saturated carbocycles. The first-order valence-corrected chi connectivity index (χ1v) is 8.86. The van der Waals surface area contributed by atoms with Crippen LogP contribution in [0.25, 0.3) is 22.2 Å². The van der Waals surface area contributed by atoms with Crippen molar-refractivity contribution in [2.75, 3.05) is 25.6 Å². The number of fused-ring (bicyclic) bond motifs is 1. The van der Waals surface area contributed by atoms with Crippen LogP contribution < -0.4 is 5.32 Å². The average molecular weight is 366 g/mol. The van der Waals surface area contributed by atoms with Crippen molar-refractivity contribution in [1.29, 1.82) is 0 Å². The van der Waals surface area contributed by atoms with Crippen LogP contribution in [0.3, 0.4) is 0 Å². The van der Waals surface area contributed by atoms with Crippen molar-refractivity contribution in [1.82, 2.24) is 14.5 Å². The molecule has 7 nitrogen and oxygen atoms in total. The number of rotatable bonds is 4. The molecule has 1 aliphatic heterocycles. The number of methoxy groups -OCH3 is 1. The normalized spacial score (nSPS) is 19.5. The molecule has 1 atom stereocenters. The number of amides is 1. The number of aryl methyl sites for hydroxylation is 1. The van der Waals surface area contributed by atoms with E-state index in [2.05, 4.69) is 10.3 Å². The van der Waals surface area contributed by atoms with Gasteiger partial charge in [0.25, 0.3) is 0 Å². The number of nitrogens with zero attached hydrogens (tertiary/aromatic N) is 3. The Labute approximate surface area is 157 Å². The summed E-state index contributed by atoms with van der Waals surface area (Å²) in [5.41, 5.74) is 3.17. The van der Waals surface area contributed by atoms with Gasteiger partial charge in [-0.2, -0.15) is 0 Å². The summed E-state index contributed by atoms with van der Waals surface area (Å²) in [4.78, 5) is 20.6. The molecule has 1 N–H and O–H groups in total. The summed E-state index contributed by atoms with van der Waals surface area (Å²) in [5.74, 6) is 0.374. The third-order valence-electron chi connectivity index (χ3n) is 5.05. The Balaban J connectivity index is 1.82. The molecule has 0 aromatic carbocycles. The highest BCUT2D eigenvalue weighted by Gasteiger charge is 2.38. The minimum Gasteiger partial charge on any atom is -0.378 e. The number of carbonyl (C=O) groups excluding carboxylic acids is 1. The van der Waals surface area contributed by atoms with Crippen molar-refractivity contribution in [3.63, 3.8) is 0 Å². The van der Waals surface area contributed by atoms with E-state index in [1.807, 2.05) is 42.1 Å². The van der Waals surface area contributed by atoms with Crippen LogP contribution in [0.1, 0.15) is 19.0 Å². The Hall–Kier alpha value is -2.77. The highest BCUT2D eigenvalue weighted by atomic mass is 16.5. The Morgan fingerprint density at radius 1 is 1.41 bits per heavy atom. The molecule has 4 rings (SSSR count). The first kappa shape index (κ1) is 17.6. The molecule has 1 amide bonds. The zero-order valence-electron chi connectivity index (χ0n) is 15.7. The molecular weight excluding hydrogens is 344 g/mol. The lowest BCUT2D eigenvalue weighted by Gasteiger charge is -2.25. The molecule has 0 radical (unpaired) electrons. The maximum Gasteiger partial charge on any atom is 0.222 e. The van der Waals surface area contributed by atoms with Gasteiger partial charge in [-0.15, -0.1) is 0 Å². The van der Waals surface area contributed by atoms with E-state index in [0.29, 0.717) is 19.0 Å². The number of ether oxygens (including phenoxy) is 2. The second-order valence-corrected chi connectivity index (χ2v) is 6.83. The summed E-state index contributed by atoms with van der Waals surface area (Å²) in [7, 11) is 3.67. The number of anilines is 1. The molecule has 27 heavy (non-hydrogen) atoms. The monoisotopic (exact) mass is 366 g/mol. The SMILES string of the molecule is CO[C@@]1(c2cccc(-c3cn(C)c4cnc(NC(C)=O)cc34)n2)CCOC1. The minimum absolute atomic E-state index is 0.150. The van der Waals surface area contributed by atoms with Gasteiger partial charge in [-0.1, -0.05) is 6.07 Å². The van der Waals surface area contributed by atoms with E-state index >= 15 is 0 Å². The second kappa shape index (κ2) is 6.75. The first-order chi connectivity index (χ1) is 13.0. The van der Waals surface area contributed by atoms with E-state index in [-0.39, 0.29) is 5.91 Å². The van der Waals surface area contributed by atoms with Crippen molar-refractivity contribution >= 4 is 22.6 Å². The van der Waals surface area contributed by atoms with E-state index in [1.165, 1.54) is 6.92 Å². The number of pyridine rings is 2. The van der Waals surface area contributed by atoms with Crippen molar-refractivity contribution in [3.05, 3.63) is 42.4 Å². The Morgan fingerprint density at radius 2 is 2.26 bits per heavy atom. The summed E-state index contributed by atoms with van der Waals surface area (Å²) in [6, 6.07) is 7.84. The van der Waals surface area contributed by atoms with Crippen LogP contribution in [-0.4, -0.2) is 40.8 Å². The summed E-state index contributed by atoms with van der Waals surface area (Å²) < 4.78 is 13.4. The molecule has 3 aromatic rings.